The third kappa shape index (κ3) is 3.86. The van der Waals surface area contributed by atoms with Crippen LogP contribution in [0.15, 0.2) is 11.6 Å². The first-order valence-corrected chi connectivity index (χ1v) is 8.37. The number of nitrogens with one attached hydrogen (secondary N) is 1. The second-order valence-corrected chi connectivity index (χ2v) is 5.99. The Morgan fingerprint density at radius 2 is 2.21 bits per heavy atom. The molecular formula is C15H25N3S. The average Bonchev–Trinajstić information content (AvgIpc) is 2.71. The molecule has 0 aliphatic heterocycles. The van der Waals surface area contributed by atoms with E-state index in [0.29, 0.717) is 6.04 Å². The van der Waals surface area contributed by atoms with E-state index in [9.17, 15) is 0 Å². The summed E-state index contributed by atoms with van der Waals surface area (Å²) in [5.74, 6) is 0. The van der Waals surface area contributed by atoms with Gasteiger partial charge in [0, 0.05) is 0 Å². The van der Waals surface area contributed by atoms with Crippen LogP contribution in [0, 0.1) is 0 Å². The highest BCUT2D eigenvalue weighted by atomic mass is 32.1. The number of hydrogen-bond acceptors (Lipinski definition) is 4. The van der Waals surface area contributed by atoms with Crippen LogP contribution in [0.4, 0.5) is 0 Å². The molecule has 1 aromatic rings. The van der Waals surface area contributed by atoms with E-state index in [1.807, 2.05) is 0 Å². The fourth-order valence-corrected chi connectivity index (χ4v) is 3.56. The summed E-state index contributed by atoms with van der Waals surface area (Å²) in [6.07, 6.45) is 11.1. The van der Waals surface area contributed by atoms with Crippen molar-refractivity contribution in [3.05, 3.63) is 22.2 Å². The molecule has 0 spiro atoms. The van der Waals surface area contributed by atoms with Crippen molar-refractivity contribution in [2.45, 2.75) is 64.8 Å². The zero-order valence-corrected chi connectivity index (χ0v) is 12.9. The van der Waals surface area contributed by atoms with Gasteiger partial charge in [-0.3, -0.25) is 0 Å². The van der Waals surface area contributed by atoms with Gasteiger partial charge in [0.2, 0.25) is 0 Å². The van der Waals surface area contributed by atoms with Crippen LogP contribution in [0.1, 0.15) is 69.0 Å². The van der Waals surface area contributed by atoms with Crippen molar-refractivity contribution in [1.82, 2.24) is 14.9 Å². The van der Waals surface area contributed by atoms with Gasteiger partial charge in [-0.2, -0.15) is 0 Å². The molecule has 0 aromatic carbocycles. The Kier molecular flexibility index (Phi) is 5.98. The number of allylic oxidation sites excluding steroid dienone is 1. The first-order chi connectivity index (χ1) is 9.36. The Hall–Kier alpha value is -0.740. The zero-order valence-electron chi connectivity index (χ0n) is 12.1. The minimum absolute atomic E-state index is 0.352. The number of rotatable bonds is 6. The van der Waals surface area contributed by atoms with Crippen LogP contribution in [0.2, 0.25) is 0 Å². The third-order valence-corrected chi connectivity index (χ3v) is 4.52. The molecule has 1 aliphatic carbocycles. The lowest BCUT2D eigenvalue weighted by molar-refractivity contribution is 0.590. The Balaban J connectivity index is 2.22. The van der Waals surface area contributed by atoms with Crippen LogP contribution in [0.3, 0.4) is 0 Å². The predicted molar refractivity (Wildman–Crippen MR) is 81.5 cm³/mol. The molecule has 0 amide bonds. The van der Waals surface area contributed by atoms with Crippen LogP contribution in [0.5, 0.6) is 0 Å². The number of aromatic nitrogens is 2. The lowest BCUT2D eigenvalue weighted by Crippen LogP contribution is -2.23. The summed E-state index contributed by atoms with van der Waals surface area (Å²) in [6, 6.07) is 0.352. The van der Waals surface area contributed by atoms with Gasteiger partial charge in [-0.25, -0.2) is 0 Å². The van der Waals surface area contributed by atoms with Gasteiger partial charge < -0.3 is 5.32 Å². The smallest absolute Gasteiger partial charge is 0.0807 e. The van der Waals surface area contributed by atoms with Crippen LogP contribution in [-0.4, -0.2) is 16.1 Å². The molecule has 4 heteroatoms. The molecule has 0 bridgehead atoms. The Bertz CT molecular complexity index is 411. The standard InChI is InChI=1S/C15H25N3S/c1-3-9-13-15(19-18-17-13)14(16-4-2)12-10-7-5-6-8-11-12/h10,14,16H,3-9,11H2,1-2H3. The normalized spacial score (nSPS) is 17.9. The largest absolute Gasteiger partial charge is 0.306 e. The fourth-order valence-electron chi connectivity index (χ4n) is 2.74. The molecule has 1 N–H and O–H groups in total. The first kappa shape index (κ1) is 14.7. The molecule has 2 rings (SSSR count). The molecule has 0 fully saturated rings. The summed E-state index contributed by atoms with van der Waals surface area (Å²) in [7, 11) is 0. The minimum atomic E-state index is 0.352. The minimum Gasteiger partial charge on any atom is -0.306 e. The molecule has 1 atom stereocenters. The fraction of sp³-hybridized carbons (Fsp3) is 0.733. The van der Waals surface area contributed by atoms with Gasteiger partial charge in [0.1, 0.15) is 0 Å². The Morgan fingerprint density at radius 3 is 3.00 bits per heavy atom. The number of likely N-dealkylation sites (N-methyl/N-ethyl adjacent to an activating group) is 1. The molecule has 0 saturated carbocycles. The molecule has 3 nitrogen and oxygen atoms in total. The van der Waals surface area contributed by atoms with Crippen molar-refractivity contribution in [3.8, 4) is 0 Å². The maximum absolute atomic E-state index is 4.33. The van der Waals surface area contributed by atoms with Gasteiger partial charge in [-0.1, -0.05) is 42.8 Å². The van der Waals surface area contributed by atoms with Crippen molar-refractivity contribution in [2.75, 3.05) is 6.54 Å². The van der Waals surface area contributed by atoms with E-state index in [2.05, 4.69) is 34.8 Å². The van der Waals surface area contributed by atoms with E-state index in [4.69, 9.17) is 0 Å². The van der Waals surface area contributed by atoms with Crippen molar-refractivity contribution < 1.29 is 0 Å². The van der Waals surface area contributed by atoms with E-state index in [1.54, 1.807) is 17.1 Å². The van der Waals surface area contributed by atoms with Crippen molar-refractivity contribution in [3.63, 3.8) is 0 Å². The monoisotopic (exact) mass is 279 g/mol. The summed E-state index contributed by atoms with van der Waals surface area (Å²) < 4.78 is 4.19. The highest BCUT2D eigenvalue weighted by Crippen LogP contribution is 2.32. The van der Waals surface area contributed by atoms with Crippen molar-refractivity contribution in [1.29, 1.82) is 0 Å². The summed E-state index contributed by atoms with van der Waals surface area (Å²) in [5, 5.41) is 7.97. The maximum atomic E-state index is 4.33. The van der Waals surface area contributed by atoms with Crippen LogP contribution in [-0.2, 0) is 6.42 Å². The summed E-state index contributed by atoms with van der Waals surface area (Å²) in [5.41, 5.74) is 2.76. The predicted octanol–water partition coefficient (Wildman–Crippen LogP) is 4.03. The van der Waals surface area contributed by atoms with E-state index in [-0.39, 0.29) is 0 Å². The van der Waals surface area contributed by atoms with Crippen LogP contribution < -0.4 is 5.32 Å². The second kappa shape index (κ2) is 7.75. The van der Waals surface area contributed by atoms with Crippen LogP contribution >= 0.6 is 11.5 Å². The number of aryl methyl sites for hydroxylation is 1. The Labute approximate surface area is 120 Å². The van der Waals surface area contributed by atoms with Crippen LogP contribution in [0.25, 0.3) is 0 Å². The molecule has 106 valence electrons. The third-order valence-electron chi connectivity index (χ3n) is 3.69. The molecular weight excluding hydrogens is 254 g/mol. The average molecular weight is 279 g/mol. The lowest BCUT2D eigenvalue weighted by Gasteiger charge is -2.20. The van der Waals surface area contributed by atoms with Gasteiger partial charge >= 0.3 is 0 Å². The molecule has 1 aromatic heterocycles. The van der Waals surface area contributed by atoms with Gasteiger partial charge in [-0.05, 0) is 50.2 Å². The zero-order chi connectivity index (χ0) is 13.5. The quantitative estimate of drug-likeness (QED) is 0.799. The molecule has 0 saturated heterocycles. The van der Waals surface area contributed by atoms with E-state index >= 15 is 0 Å². The van der Waals surface area contributed by atoms with Crippen molar-refractivity contribution >= 4 is 11.5 Å². The summed E-state index contributed by atoms with van der Waals surface area (Å²) in [6.45, 7) is 5.37. The maximum Gasteiger partial charge on any atom is 0.0807 e. The van der Waals surface area contributed by atoms with E-state index in [0.717, 1.165) is 19.4 Å². The number of nitrogens with zero attached hydrogens (tertiary/aromatic N) is 2. The Morgan fingerprint density at radius 1 is 1.32 bits per heavy atom. The van der Waals surface area contributed by atoms with Gasteiger partial charge in [0.25, 0.3) is 0 Å². The molecule has 1 aliphatic rings. The summed E-state index contributed by atoms with van der Waals surface area (Å²) in [4.78, 5) is 1.34. The topological polar surface area (TPSA) is 37.8 Å². The van der Waals surface area contributed by atoms with E-state index < -0.39 is 0 Å². The SMILES string of the molecule is CCCc1nnsc1C(NCC)C1=CCCCCC1. The molecule has 1 unspecified atom stereocenters. The van der Waals surface area contributed by atoms with Gasteiger partial charge in [0.05, 0.1) is 16.6 Å². The van der Waals surface area contributed by atoms with Gasteiger partial charge in [0.15, 0.2) is 0 Å². The second-order valence-electron chi connectivity index (χ2n) is 5.20. The van der Waals surface area contributed by atoms with Crippen molar-refractivity contribution in [2.24, 2.45) is 0 Å². The molecule has 19 heavy (non-hydrogen) atoms. The lowest BCUT2D eigenvalue weighted by atomic mass is 9.98. The highest BCUT2D eigenvalue weighted by Gasteiger charge is 2.22. The number of hydrogen-bond donors (Lipinski definition) is 1. The van der Waals surface area contributed by atoms with E-state index in [1.165, 1.54) is 42.7 Å². The van der Waals surface area contributed by atoms with Gasteiger partial charge in [-0.15, -0.1) is 5.10 Å². The molecule has 1 heterocycles. The highest BCUT2D eigenvalue weighted by molar-refractivity contribution is 7.05. The summed E-state index contributed by atoms with van der Waals surface area (Å²) >= 11 is 1.57. The first-order valence-electron chi connectivity index (χ1n) is 7.60. The molecule has 0 radical (unpaired) electrons.